The Balaban J connectivity index is 3.33. The van der Waals surface area contributed by atoms with Crippen LogP contribution in [0.5, 0.6) is 0 Å². The van der Waals surface area contributed by atoms with E-state index in [1.165, 1.54) is 27.9 Å². The van der Waals surface area contributed by atoms with Gasteiger partial charge in [0, 0.05) is 5.70 Å². The second-order valence-electron chi connectivity index (χ2n) is 9.62. The van der Waals surface area contributed by atoms with E-state index in [0.717, 1.165) is 43.3 Å². The van der Waals surface area contributed by atoms with Crippen molar-refractivity contribution in [1.82, 2.24) is 0 Å². The number of halogens is 1. The molecule has 0 bridgehead atoms. The molecule has 1 saturated carbocycles. The smallest absolute Gasteiger partial charge is 0.111 e. The van der Waals surface area contributed by atoms with Gasteiger partial charge in [-0.3, -0.25) is 0 Å². The average Bonchev–Trinajstić information content (AvgIpc) is 2.78. The Hall–Kier alpha value is -2.35. The monoisotopic (exact) mass is 451 g/mol. The second kappa shape index (κ2) is 14.0. The zero-order valence-corrected chi connectivity index (χ0v) is 22.0. The molecule has 0 saturated heterocycles. The number of allylic oxidation sites excluding steroid dienone is 13. The van der Waals surface area contributed by atoms with E-state index >= 15 is 4.39 Å². The molecule has 1 fully saturated rings. The van der Waals surface area contributed by atoms with Crippen LogP contribution in [0.4, 0.5) is 4.39 Å². The first-order valence-electron chi connectivity index (χ1n) is 12.4. The molecule has 1 rings (SSSR count). The fourth-order valence-electron chi connectivity index (χ4n) is 4.62. The summed E-state index contributed by atoms with van der Waals surface area (Å²) in [5, 5.41) is 0. The van der Waals surface area contributed by atoms with Crippen molar-refractivity contribution in [2.75, 3.05) is 0 Å². The van der Waals surface area contributed by atoms with Gasteiger partial charge in [0.05, 0.1) is 0 Å². The number of rotatable bonds is 11. The van der Waals surface area contributed by atoms with E-state index < -0.39 is 5.67 Å². The molecule has 1 nitrogen and oxygen atoms in total. The summed E-state index contributed by atoms with van der Waals surface area (Å²) < 4.78 is 15.5. The average molecular weight is 452 g/mol. The van der Waals surface area contributed by atoms with Crippen LogP contribution in [0.25, 0.3) is 0 Å². The molecular weight excluding hydrogens is 405 g/mol. The van der Waals surface area contributed by atoms with Gasteiger partial charge in [-0.15, -0.1) is 0 Å². The normalized spacial score (nSPS) is 18.2. The highest BCUT2D eigenvalue weighted by atomic mass is 19.1. The third-order valence-electron chi connectivity index (χ3n) is 6.56. The molecule has 2 N–H and O–H groups in total. The molecule has 1 aliphatic carbocycles. The second-order valence-corrected chi connectivity index (χ2v) is 9.62. The molecule has 0 atom stereocenters. The van der Waals surface area contributed by atoms with Crippen molar-refractivity contribution in [3.8, 4) is 0 Å². The zero-order chi connectivity index (χ0) is 25.0. The minimum absolute atomic E-state index is 0.593. The summed E-state index contributed by atoms with van der Waals surface area (Å²) in [5.41, 5.74) is 13.8. The first kappa shape index (κ1) is 28.7. The standard InChI is InChI=1S/C31H46FN/c1-9-27(25(8)15-16-29(33)11-3)21-26(17-20-31(32)18-13-12-14-19-31)22-28(10-2)30(23(4)5)24(6)7/h9-11,15-16,22H,3-4,12-14,17-21,33H2,1-2,5-8H3/b25-15+,26-22-,27-9+,28-10+,29-16+. The van der Waals surface area contributed by atoms with E-state index in [1.807, 2.05) is 12.2 Å². The van der Waals surface area contributed by atoms with Crippen molar-refractivity contribution < 1.29 is 4.39 Å². The predicted octanol–water partition coefficient (Wildman–Crippen LogP) is 9.54. The fraction of sp³-hybridized carbons (Fsp3) is 0.484. The topological polar surface area (TPSA) is 26.0 Å². The zero-order valence-electron chi connectivity index (χ0n) is 22.0. The summed E-state index contributed by atoms with van der Waals surface area (Å²) in [6.45, 7) is 20.5. The van der Waals surface area contributed by atoms with Gasteiger partial charge in [0.2, 0.25) is 0 Å². The lowest BCUT2D eigenvalue weighted by molar-refractivity contribution is 0.0965. The summed E-state index contributed by atoms with van der Waals surface area (Å²) in [6.07, 6.45) is 18.8. The van der Waals surface area contributed by atoms with Crippen LogP contribution in [0.2, 0.25) is 0 Å². The van der Waals surface area contributed by atoms with Crippen molar-refractivity contribution >= 4 is 0 Å². The Morgan fingerprint density at radius 2 is 1.64 bits per heavy atom. The quantitative estimate of drug-likeness (QED) is 0.311. The van der Waals surface area contributed by atoms with Gasteiger partial charge in [-0.2, -0.15) is 0 Å². The van der Waals surface area contributed by atoms with Crippen LogP contribution in [-0.4, -0.2) is 5.67 Å². The van der Waals surface area contributed by atoms with Crippen molar-refractivity contribution in [3.63, 3.8) is 0 Å². The van der Waals surface area contributed by atoms with E-state index in [9.17, 15) is 0 Å². The molecule has 0 aromatic heterocycles. The molecular formula is C31H46FN. The highest BCUT2D eigenvalue weighted by Crippen LogP contribution is 2.38. The number of alkyl halides is 1. The molecule has 1 aliphatic rings. The highest BCUT2D eigenvalue weighted by Gasteiger charge is 2.31. The SMILES string of the molecule is C=C\C(N)=C/C=C(C)/C(=C/C)C/C(=C\C(=C/C)C(C(=C)C)=C(C)C)CCC1(F)CCCCC1. The Labute approximate surface area is 203 Å². The van der Waals surface area contributed by atoms with Crippen LogP contribution in [-0.2, 0) is 0 Å². The van der Waals surface area contributed by atoms with Crippen LogP contribution >= 0.6 is 0 Å². The first-order chi connectivity index (χ1) is 15.6. The van der Waals surface area contributed by atoms with Gasteiger partial charge >= 0.3 is 0 Å². The molecule has 0 aromatic carbocycles. The van der Waals surface area contributed by atoms with Crippen LogP contribution in [0.1, 0.15) is 92.9 Å². The van der Waals surface area contributed by atoms with Gasteiger partial charge in [0.1, 0.15) is 5.67 Å². The summed E-state index contributed by atoms with van der Waals surface area (Å²) in [4.78, 5) is 0. The van der Waals surface area contributed by atoms with E-state index in [4.69, 9.17) is 5.73 Å². The van der Waals surface area contributed by atoms with Gasteiger partial charge in [-0.05, 0) is 108 Å². The summed E-state index contributed by atoms with van der Waals surface area (Å²) in [6, 6.07) is 0. The van der Waals surface area contributed by atoms with Crippen molar-refractivity contribution in [2.24, 2.45) is 5.73 Å². The Morgan fingerprint density at radius 1 is 1.00 bits per heavy atom. The highest BCUT2D eigenvalue weighted by molar-refractivity contribution is 5.53. The lowest BCUT2D eigenvalue weighted by Crippen LogP contribution is -2.26. The number of hydrogen-bond acceptors (Lipinski definition) is 1. The number of hydrogen-bond donors (Lipinski definition) is 1. The fourth-order valence-corrected chi connectivity index (χ4v) is 4.62. The van der Waals surface area contributed by atoms with Gasteiger partial charge in [-0.25, -0.2) is 4.39 Å². The van der Waals surface area contributed by atoms with Gasteiger partial charge in [-0.1, -0.05) is 73.4 Å². The third-order valence-corrected chi connectivity index (χ3v) is 6.56. The lowest BCUT2D eigenvalue weighted by atomic mass is 9.81. The molecule has 2 heteroatoms. The van der Waals surface area contributed by atoms with E-state index in [2.05, 4.69) is 72.9 Å². The maximum absolute atomic E-state index is 15.5. The maximum Gasteiger partial charge on any atom is 0.111 e. The molecule has 0 amide bonds. The molecule has 33 heavy (non-hydrogen) atoms. The third kappa shape index (κ3) is 9.58. The lowest BCUT2D eigenvalue weighted by Gasteiger charge is -2.30. The van der Waals surface area contributed by atoms with Crippen molar-refractivity contribution in [1.29, 1.82) is 0 Å². The predicted molar refractivity (Wildman–Crippen MR) is 146 cm³/mol. The minimum atomic E-state index is -1.02. The summed E-state index contributed by atoms with van der Waals surface area (Å²) >= 11 is 0. The first-order valence-corrected chi connectivity index (χ1v) is 12.4. The Bertz CT molecular complexity index is 876. The van der Waals surface area contributed by atoms with Crippen molar-refractivity contribution in [3.05, 3.63) is 94.3 Å². The van der Waals surface area contributed by atoms with Crippen molar-refractivity contribution in [2.45, 2.75) is 98.6 Å². The maximum atomic E-state index is 15.5. The van der Waals surface area contributed by atoms with Crippen LogP contribution < -0.4 is 5.73 Å². The molecule has 182 valence electrons. The molecule has 0 unspecified atom stereocenters. The summed E-state index contributed by atoms with van der Waals surface area (Å²) in [7, 11) is 0. The molecule has 0 radical (unpaired) electrons. The van der Waals surface area contributed by atoms with Crippen LogP contribution in [0, 0.1) is 0 Å². The minimum Gasteiger partial charge on any atom is -0.399 e. The van der Waals surface area contributed by atoms with Gasteiger partial charge < -0.3 is 5.73 Å². The largest absolute Gasteiger partial charge is 0.399 e. The van der Waals surface area contributed by atoms with E-state index in [0.29, 0.717) is 25.0 Å². The molecule has 0 aliphatic heterocycles. The molecule has 0 aromatic rings. The van der Waals surface area contributed by atoms with E-state index in [1.54, 1.807) is 6.08 Å². The molecule has 0 heterocycles. The van der Waals surface area contributed by atoms with E-state index in [-0.39, 0.29) is 0 Å². The van der Waals surface area contributed by atoms with Crippen LogP contribution in [0.15, 0.2) is 94.3 Å². The molecule has 0 spiro atoms. The van der Waals surface area contributed by atoms with Crippen LogP contribution in [0.3, 0.4) is 0 Å². The van der Waals surface area contributed by atoms with Gasteiger partial charge in [0.15, 0.2) is 0 Å². The Kier molecular flexibility index (Phi) is 12.2. The number of nitrogens with two attached hydrogens (primary N) is 1. The van der Waals surface area contributed by atoms with Gasteiger partial charge in [0.25, 0.3) is 0 Å². The Morgan fingerprint density at radius 3 is 2.12 bits per heavy atom. The summed E-state index contributed by atoms with van der Waals surface area (Å²) in [5.74, 6) is 0.